The maximum absolute atomic E-state index is 11.8. The van der Waals surface area contributed by atoms with Crippen LogP contribution in [0, 0.1) is 5.92 Å². The second-order valence-electron chi connectivity index (χ2n) is 3.23. The number of hydrogen-bond acceptors (Lipinski definition) is 3. The van der Waals surface area contributed by atoms with Gasteiger partial charge in [0.05, 0.1) is 12.5 Å². The summed E-state index contributed by atoms with van der Waals surface area (Å²) in [6.45, 7) is 1.59. The van der Waals surface area contributed by atoms with Gasteiger partial charge in [-0.3, -0.25) is 9.36 Å². The van der Waals surface area contributed by atoms with Gasteiger partial charge in [-0.15, -0.1) is 23.2 Å². The van der Waals surface area contributed by atoms with Crippen LogP contribution in [0.25, 0.3) is 0 Å². The van der Waals surface area contributed by atoms with E-state index in [4.69, 9.17) is 32.8 Å². The molecule has 0 rings (SSSR count). The third-order valence-corrected chi connectivity index (χ3v) is 4.01. The quantitative estimate of drug-likeness (QED) is 0.547. The number of halogens is 2. The van der Waals surface area contributed by atoms with E-state index in [-0.39, 0.29) is 24.5 Å². The summed E-state index contributed by atoms with van der Waals surface area (Å²) in [5, 5.41) is 8.83. The summed E-state index contributed by atoms with van der Waals surface area (Å²) in [4.78, 5) is 10.8. The molecule has 0 aliphatic rings. The standard InChI is InChI=1S/C8H15Cl2O4P/c1-15(13,14-5-4-10)6-7(2-3-9)8(11)12/h7H,2-6H2,1H3,(H,11,12). The van der Waals surface area contributed by atoms with Gasteiger partial charge in [0.1, 0.15) is 0 Å². The van der Waals surface area contributed by atoms with E-state index in [0.717, 1.165) is 0 Å². The van der Waals surface area contributed by atoms with E-state index in [2.05, 4.69) is 0 Å². The van der Waals surface area contributed by atoms with Gasteiger partial charge in [0.25, 0.3) is 0 Å². The van der Waals surface area contributed by atoms with Crippen molar-refractivity contribution in [3.8, 4) is 0 Å². The number of aliphatic carboxylic acids is 1. The van der Waals surface area contributed by atoms with Crippen molar-refractivity contribution in [2.75, 3.05) is 31.2 Å². The van der Waals surface area contributed by atoms with Crippen LogP contribution in [-0.4, -0.2) is 42.3 Å². The third-order valence-electron chi connectivity index (χ3n) is 1.80. The molecule has 1 N–H and O–H groups in total. The van der Waals surface area contributed by atoms with Crippen molar-refractivity contribution < 1.29 is 19.0 Å². The molecule has 0 saturated heterocycles. The van der Waals surface area contributed by atoms with Gasteiger partial charge in [-0.2, -0.15) is 0 Å². The SMILES string of the molecule is CP(=O)(CC(CCCl)C(=O)O)OCCCl. The highest BCUT2D eigenvalue weighted by Gasteiger charge is 2.27. The molecular weight excluding hydrogens is 262 g/mol. The van der Waals surface area contributed by atoms with Crippen LogP contribution in [0.3, 0.4) is 0 Å². The van der Waals surface area contributed by atoms with Crippen molar-refractivity contribution in [3.63, 3.8) is 0 Å². The molecule has 0 aromatic heterocycles. The molecule has 0 saturated carbocycles. The molecule has 2 atom stereocenters. The predicted molar refractivity (Wildman–Crippen MR) is 61.5 cm³/mol. The lowest BCUT2D eigenvalue weighted by Gasteiger charge is -2.17. The molecule has 15 heavy (non-hydrogen) atoms. The molecule has 2 unspecified atom stereocenters. The van der Waals surface area contributed by atoms with Crippen molar-refractivity contribution in [2.45, 2.75) is 6.42 Å². The van der Waals surface area contributed by atoms with Gasteiger partial charge >= 0.3 is 5.97 Å². The van der Waals surface area contributed by atoms with Crippen LogP contribution in [0.4, 0.5) is 0 Å². The zero-order valence-corrected chi connectivity index (χ0v) is 10.9. The first kappa shape index (κ1) is 15.2. The van der Waals surface area contributed by atoms with Crippen LogP contribution in [0.1, 0.15) is 6.42 Å². The topological polar surface area (TPSA) is 63.6 Å². The second kappa shape index (κ2) is 7.50. The maximum Gasteiger partial charge on any atom is 0.307 e. The first-order chi connectivity index (χ1) is 6.93. The number of rotatable bonds is 8. The Balaban J connectivity index is 4.25. The summed E-state index contributed by atoms with van der Waals surface area (Å²) in [5.74, 6) is -1.24. The monoisotopic (exact) mass is 276 g/mol. The van der Waals surface area contributed by atoms with Gasteiger partial charge in [-0.25, -0.2) is 0 Å². The fraction of sp³-hybridized carbons (Fsp3) is 0.875. The van der Waals surface area contributed by atoms with Crippen LogP contribution in [0.2, 0.25) is 0 Å². The Kier molecular flexibility index (Phi) is 7.62. The molecule has 0 heterocycles. The number of carbonyl (C=O) groups is 1. The number of hydrogen-bond donors (Lipinski definition) is 1. The summed E-state index contributed by atoms with van der Waals surface area (Å²) < 4.78 is 16.8. The van der Waals surface area contributed by atoms with Gasteiger partial charge in [-0.1, -0.05) is 0 Å². The minimum Gasteiger partial charge on any atom is -0.481 e. The fourth-order valence-electron chi connectivity index (χ4n) is 1.11. The van der Waals surface area contributed by atoms with E-state index in [1.54, 1.807) is 0 Å². The largest absolute Gasteiger partial charge is 0.481 e. The second-order valence-corrected chi connectivity index (χ2v) is 6.64. The fourth-order valence-corrected chi connectivity index (χ4v) is 3.28. The molecule has 0 radical (unpaired) electrons. The Labute approximate surface area is 99.3 Å². The molecule has 0 aromatic carbocycles. The molecule has 90 valence electrons. The maximum atomic E-state index is 11.8. The number of alkyl halides is 2. The van der Waals surface area contributed by atoms with E-state index < -0.39 is 19.3 Å². The van der Waals surface area contributed by atoms with Crippen molar-refractivity contribution in [3.05, 3.63) is 0 Å². The molecule has 7 heteroatoms. The lowest BCUT2D eigenvalue weighted by atomic mass is 10.1. The number of carboxylic acid groups (broad SMARTS) is 1. The van der Waals surface area contributed by atoms with Crippen LogP contribution >= 0.6 is 30.6 Å². The molecule has 0 aliphatic carbocycles. The first-order valence-corrected chi connectivity index (χ1v) is 7.81. The van der Waals surface area contributed by atoms with Gasteiger partial charge in [0, 0.05) is 24.6 Å². The molecule has 4 nitrogen and oxygen atoms in total. The molecule has 0 spiro atoms. The summed E-state index contributed by atoms with van der Waals surface area (Å²) in [7, 11) is -2.87. The minimum atomic E-state index is -2.87. The smallest absolute Gasteiger partial charge is 0.307 e. The third kappa shape index (κ3) is 7.18. The molecule has 0 bridgehead atoms. The zero-order chi connectivity index (χ0) is 11.9. The Morgan fingerprint density at radius 2 is 2.07 bits per heavy atom. The molecular formula is C8H15Cl2O4P. The van der Waals surface area contributed by atoms with Gasteiger partial charge in [0.15, 0.2) is 0 Å². The van der Waals surface area contributed by atoms with Crippen LogP contribution in [0.5, 0.6) is 0 Å². The van der Waals surface area contributed by atoms with Crippen molar-refractivity contribution >= 4 is 36.5 Å². The van der Waals surface area contributed by atoms with E-state index in [9.17, 15) is 9.36 Å². The van der Waals surface area contributed by atoms with Crippen molar-refractivity contribution in [2.24, 2.45) is 5.92 Å². The molecule has 0 amide bonds. The Morgan fingerprint density at radius 1 is 1.47 bits per heavy atom. The van der Waals surface area contributed by atoms with E-state index >= 15 is 0 Å². The lowest BCUT2D eigenvalue weighted by Crippen LogP contribution is -2.19. The zero-order valence-electron chi connectivity index (χ0n) is 8.49. The lowest BCUT2D eigenvalue weighted by molar-refractivity contribution is -0.141. The highest BCUT2D eigenvalue weighted by Crippen LogP contribution is 2.44. The van der Waals surface area contributed by atoms with Crippen LogP contribution in [0.15, 0.2) is 0 Å². The molecule has 0 aromatic rings. The van der Waals surface area contributed by atoms with Crippen molar-refractivity contribution in [1.82, 2.24) is 0 Å². The highest BCUT2D eigenvalue weighted by atomic mass is 35.5. The Bertz CT molecular complexity index is 247. The van der Waals surface area contributed by atoms with E-state index in [1.165, 1.54) is 6.66 Å². The van der Waals surface area contributed by atoms with Gasteiger partial charge < -0.3 is 9.63 Å². The first-order valence-electron chi connectivity index (χ1n) is 4.48. The normalized spacial score (nSPS) is 17.0. The van der Waals surface area contributed by atoms with Gasteiger partial charge in [0.2, 0.25) is 7.37 Å². The Hall–Kier alpha value is 0.240. The van der Waals surface area contributed by atoms with Gasteiger partial charge in [-0.05, 0) is 6.42 Å². The minimum absolute atomic E-state index is 0.00590. The summed E-state index contributed by atoms with van der Waals surface area (Å²) in [6, 6.07) is 0. The van der Waals surface area contributed by atoms with Crippen LogP contribution < -0.4 is 0 Å². The average Bonchev–Trinajstić information content (AvgIpc) is 2.14. The molecule has 0 fully saturated rings. The Morgan fingerprint density at radius 3 is 2.47 bits per heavy atom. The number of carboxylic acids is 1. The summed E-state index contributed by atoms with van der Waals surface area (Å²) >= 11 is 10.8. The summed E-state index contributed by atoms with van der Waals surface area (Å²) in [5.41, 5.74) is 0. The summed E-state index contributed by atoms with van der Waals surface area (Å²) in [6.07, 6.45) is 0.297. The van der Waals surface area contributed by atoms with Crippen molar-refractivity contribution in [1.29, 1.82) is 0 Å². The molecule has 0 aliphatic heterocycles. The predicted octanol–water partition coefficient (Wildman–Crippen LogP) is 2.48. The average molecular weight is 277 g/mol. The van der Waals surface area contributed by atoms with E-state index in [0.29, 0.717) is 6.42 Å². The van der Waals surface area contributed by atoms with E-state index in [1.807, 2.05) is 0 Å². The van der Waals surface area contributed by atoms with Crippen LogP contribution in [-0.2, 0) is 13.9 Å². The highest BCUT2D eigenvalue weighted by molar-refractivity contribution is 7.58.